The van der Waals surface area contributed by atoms with Gasteiger partial charge >= 0.3 is 0 Å². The minimum atomic E-state index is 0.636. The molecular weight excluding hydrogens is 250 g/mol. The van der Waals surface area contributed by atoms with Gasteiger partial charge in [-0.3, -0.25) is 4.79 Å². The van der Waals surface area contributed by atoms with Crippen LogP contribution >= 0.6 is 0 Å². The van der Waals surface area contributed by atoms with Crippen molar-refractivity contribution in [1.82, 2.24) is 4.98 Å². The number of benzene rings is 2. The second kappa shape index (κ2) is 5.13. The third-order valence-electron chi connectivity index (χ3n) is 3.25. The van der Waals surface area contributed by atoms with Crippen LogP contribution < -0.4 is 4.74 Å². The third kappa shape index (κ3) is 2.14. The van der Waals surface area contributed by atoms with Crippen molar-refractivity contribution >= 4 is 17.2 Å². The lowest BCUT2D eigenvalue weighted by atomic mass is 10.0. The van der Waals surface area contributed by atoms with Crippen molar-refractivity contribution in [3.8, 4) is 17.0 Å². The van der Waals surface area contributed by atoms with Crippen LogP contribution in [0.15, 0.2) is 54.6 Å². The Morgan fingerprint density at radius 2 is 1.85 bits per heavy atom. The fourth-order valence-electron chi connectivity index (χ4n) is 2.22. The van der Waals surface area contributed by atoms with Gasteiger partial charge in [0.2, 0.25) is 0 Å². The normalized spacial score (nSPS) is 10.4. The van der Waals surface area contributed by atoms with Gasteiger partial charge in [0, 0.05) is 22.6 Å². The van der Waals surface area contributed by atoms with Gasteiger partial charge in [0.1, 0.15) is 5.75 Å². The van der Waals surface area contributed by atoms with Crippen LogP contribution in [-0.4, -0.2) is 18.4 Å². The maximum Gasteiger partial charge on any atom is 0.150 e. The summed E-state index contributed by atoms with van der Waals surface area (Å²) in [4.78, 5) is 15.9. The molecule has 0 saturated heterocycles. The van der Waals surface area contributed by atoms with Crippen molar-refractivity contribution < 1.29 is 9.53 Å². The van der Waals surface area contributed by atoms with Gasteiger partial charge in [0.25, 0.3) is 0 Å². The molecule has 0 atom stereocenters. The number of pyridine rings is 1. The summed E-state index contributed by atoms with van der Waals surface area (Å²) < 4.78 is 5.21. The quantitative estimate of drug-likeness (QED) is 0.676. The van der Waals surface area contributed by atoms with Crippen LogP contribution in [0.4, 0.5) is 0 Å². The number of methoxy groups -OCH3 is 1. The van der Waals surface area contributed by atoms with Crippen molar-refractivity contribution in [3.63, 3.8) is 0 Å². The fourth-order valence-corrected chi connectivity index (χ4v) is 2.22. The summed E-state index contributed by atoms with van der Waals surface area (Å²) in [6.07, 6.45) is 0.864. The van der Waals surface area contributed by atoms with E-state index in [1.54, 1.807) is 7.11 Å². The van der Waals surface area contributed by atoms with E-state index in [1.165, 1.54) is 0 Å². The SMILES string of the molecule is COc1ccc2c(C=O)cc(-c3ccccc3)nc2c1. The number of nitrogens with zero attached hydrogens (tertiary/aromatic N) is 1. The van der Waals surface area contributed by atoms with Crippen LogP contribution in [0.2, 0.25) is 0 Å². The number of hydrogen-bond acceptors (Lipinski definition) is 3. The van der Waals surface area contributed by atoms with Crippen molar-refractivity contribution in [2.75, 3.05) is 7.11 Å². The van der Waals surface area contributed by atoms with E-state index < -0.39 is 0 Å². The zero-order chi connectivity index (χ0) is 13.9. The molecule has 0 aliphatic rings. The molecule has 0 aliphatic heterocycles. The van der Waals surface area contributed by atoms with Crippen LogP contribution in [-0.2, 0) is 0 Å². The first kappa shape index (κ1) is 12.4. The largest absolute Gasteiger partial charge is 0.497 e. The van der Waals surface area contributed by atoms with Crippen molar-refractivity contribution in [3.05, 3.63) is 60.2 Å². The summed E-state index contributed by atoms with van der Waals surface area (Å²) >= 11 is 0. The Morgan fingerprint density at radius 3 is 2.55 bits per heavy atom. The van der Waals surface area contributed by atoms with Gasteiger partial charge in [0.15, 0.2) is 6.29 Å². The molecule has 0 aliphatic carbocycles. The summed E-state index contributed by atoms with van der Waals surface area (Å²) in [5, 5.41) is 0.834. The first-order valence-electron chi connectivity index (χ1n) is 6.31. The lowest BCUT2D eigenvalue weighted by Crippen LogP contribution is -1.92. The molecule has 0 bridgehead atoms. The average Bonchev–Trinajstić information content (AvgIpc) is 2.54. The molecule has 0 unspecified atom stereocenters. The zero-order valence-corrected chi connectivity index (χ0v) is 11.0. The summed E-state index contributed by atoms with van der Waals surface area (Å²) in [6.45, 7) is 0. The highest BCUT2D eigenvalue weighted by atomic mass is 16.5. The maximum absolute atomic E-state index is 11.3. The Morgan fingerprint density at radius 1 is 1.05 bits per heavy atom. The van der Waals surface area contributed by atoms with Gasteiger partial charge in [0.05, 0.1) is 18.3 Å². The highest BCUT2D eigenvalue weighted by Crippen LogP contribution is 2.26. The van der Waals surface area contributed by atoms with Gasteiger partial charge in [-0.1, -0.05) is 30.3 Å². The lowest BCUT2D eigenvalue weighted by molar-refractivity contribution is 0.112. The monoisotopic (exact) mass is 263 g/mol. The summed E-state index contributed by atoms with van der Waals surface area (Å²) in [5.41, 5.74) is 3.16. The molecule has 0 N–H and O–H groups in total. The Hall–Kier alpha value is -2.68. The first-order chi connectivity index (χ1) is 9.81. The van der Waals surface area contributed by atoms with E-state index in [4.69, 9.17) is 4.74 Å². The highest BCUT2D eigenvalue weighted by Gasteiger charge is 2.08. The fraction of sp³-hybridized carbons (Fsp3) is 0.0588. The number of aromatic nitrogens is 1. The van der Waals surface area contributed by atoms with Crippen molar-refractivity contribution in [2.24, 2.45) is 0 Å². The number of fused-ring (bicyclic) bond motifs is 1. The summed E-state index contributed by atoms with van der Waals surface area (Å²) in [7, 11) is 1.61. The minimum Gasteiger partial charge on any atom is -0.497 e. The van der Waals surface area contributed by atoms with Crippen molar-refractivity contribution in [2.45, 2.75) is 0 Å². The molecule has 0 spiro atoms. The van der Waals surface area contributed by atoms with Gasteiger partial charge < -0.3 is 4.74 Å². The Balaban J connectivity index is 2.27. The molecule has 0 radical (unpaired) electrons. The number of carbonyl (C=O) groups is 1. The number of ether oxygens (including phenoxy) is 1. The van der Waals surface area contributed by atoms with E-state index in [-0.39, 0.29) is 0 Å². The molecular formula is C17H13NO2. The predicted octanol–water partition coefficient (Wildman–Crippen LogP) is 3.72. The maximum atomic E-state index is 11.3. The van der Waals surface area contributed by atoms with E-state index in [2.05, 4.69) is 4.98 Å². The van der Waals surface area contributed by atoms with E-state index in [9.17, 15) is 4.79 Å². The summed E-state index contributed by atoms with van der Waals surface area (Å²) in [6, 6.07) is 17.2. The van der Waals surface area contributed by atoms with E-state index in [0.29, 0.717) is 5.56 Å². The van der Waals surface area contributed by atoms with Crippen LogP contribution in [0.3, 0.4) is 0 Å². The molecule has 2 aromatic carbocycles. The van der Waals surface area contributed by atoms with E-state index in [0.717, 1.165) is 34.2 Å². The van der Waals surface area contributed by atoms with Crippen LogP contribution in [0.5, 0.6) is 5.75 Å². The van der Waals surface area contributed by atoms with E-state index >= 15 is 0 Å². The molecule has 0 fully saturated rings. The van der Waals surface area contributed by atoms with Crippen LogP contribution in [0, 0.1) is 0 Å². The Bertz CT molecular complexity index is 767. The molecule has 0 saturated carbocycles. The molecule has 3 rings (SSSR count). The second-order valence-electron chi connectivity index (χ2n) is 4.46. The Labute approximate surface area is 116 Å². The first-order valence-corrected chi connectivity index (χ1v) is 6.31. The number of carbonyl (C=O) groups excluding carboxylic acids is 1. The average molecular weight is 263 g/mol. The predicted molar refractivity (Wildman–Crippen MR) is 79.1 cm³/mol. The Kier molecular flexibility index (Phi) is 3.17. The number of aldehydes is 1. The smallest absolute Gasteiger partial charge is 0.150 e. The van der Waals surface area contributed by atoms with E-state index in [1.807, 2.05) is 54.6 Å². The molecule has 20 heavy (non-hydrogen) atoms. The van der Waals surface area contributed by atoms with Crippen LogP contribution in [0.25, 0.3) is 22.2 Å². The van der Waals surface area contributed by atoms with Gasteiger partial charge in [-0.05, 0) is 18.2 Å². The second-order valence-corrected chi connectivity index (χ2v) is 4.46. The zero-order valence-electron chi connectivity index (χ0n) is 11.0. The molecule has 0 amide bonds. The van der Waals surface area contributed by atoms with Gasteiger partial charge in [-0.25, -0.2) is 4.98 Å². The van der Waals surface area contributed by atoms with Crippen LogP contribution in [0.1, 0.15) is 10.4 Å². The molecule has 1 aromatic heterocycles. The van der Waals surface area contributed by atoms with Gasteiger partial charge in [-0.15, -0.1) is 0 Å². The standard InChI is InChI=1S/C17H13NO2/c1-20-14-7-8-15-13(11-19)9-16(18-17(15)10-14)12-5-3-2-4-6-12/h2-11H,1H3. The molecule has 3 aromatic rings. The molecule has 3 heteroatoms. The number of rotatable bonds is 3. The third-order valence-corrected chi connectivity index (χ3v) is 3.25. The topological polar surface area (TPSA) is 39.2 Å². The summed E-state index contributed by atoms with van der Waals surface area (Å²) in [5.74, 6) is 0.729. The molecule has 3 nitrogen and oxygen atoms in total. The highest BCUT2D eigenvalue weighted by molar-refractivity contribution is 5.98. The number of hydrogen-bond donors (Lipinski definition) is 0. The van der Waals surface area contributed by atoms with Gasteiger partial charge in [-0.2, -0.15) is 0 Å². The minimum absolute atomic E-state index is 0.636. The molecule has 1 heterocycles. The van der Waals surface area contributed by atoms with Crippen molar-refractivity contribution in [1.29, 1.82) is 0 Å². The molecule has 98 valence electrons. The lowest BCUT2D eigenvalue weighted by Gasteiger charge is -2.07.